The topological polar surface area (TPSA) is 18.5 Å². The van der Waals surface area contributed by atoms with Crippen LogP contribution in [0.5, 0.6) is 0 Å². The van der Waals surface area contributed by atoms with Gasteiger partial charge in [0.2, 0.25) is 5.92 Å². The number of rotatable bonds is 1. The first kappa shape index (κ1) is 12.7. The van der Waals surface area contributed by atoms with Gasteiger partial charge >= 0.3 is 6.98 Å². The van der Waals surface area contributed by atoms with Crippen molar-refractivity contribution in [1.29, 1.82) is 0 Å². The van der Waals surface area contributed by atoms with Crippen LogP contribution in [0.15, 0.2) is 0 Å². The number of hydrogen-bond acceptors (Lipinski definition) is 2. The van der Waals surface area contributed by atoms with Gasteiger partial charge in [0.1, 0.15) is 0 Å². The molecule has 0 bridgehead atoms. The molecule has 2 spiro atoms. The Morgan fingerprint density at radius 1 is 0.889 bits per heavy atom. The normalized spacial score (nSPS) is 41.5. The van der Waals surface area contributed by atoms with Crippen LogP contribution in [-0.4, -0.2) is 31.9 Å². The lowest BCUT2D eigenvalue weighted by Crippen LogP contribution is -2.37. The number of alkyl halides is 2. The van der Waals surface area contributed by atoms with E-state index in [1.807, 2.05) is 0 Å². The van der Waals surface area contributed by atoms with Gasteiger partial charge in [-0.3, -0.25) is 0 Å². The van der Waals surface area contributed by atoms with E-state index >= 15 is 0 Å². The smallest absolute Gasteiger partial charge is 0.449 e. The van der Waals surface area contributed by atoms with Gasteiger partial charge < -0.3 is 22.4 Å². The third-order valence-corrected chi connectivity index (χ3v) is 4.66. The first-order valence-electron chi connectivity index (χ1n) is 6.09. The molecule has 2 saturated carbocycles. The van der Waals surface area contributed by atoms with Crippen LogP contribution >= 0.6 is 0 Å². The molecule has 104 valence electrons. The molecule has 1 aliphatic heterocycles. The minimum atomic E-state index is -5.49. The molecule has 1 unspecified atom stereocenters. The summed E-state index contributed by atoms with van der Waals surface area (Å²) in [5, 5.41) is 0. The molecule has 3 fully saturated rings. The Morgan fingerprint density at radius 2 is 1.39 bits per heavy atom. The third kappa shape index (κ3) is 1.48. The van der Waals surface area contributed by atoms with Gasteiger partial charge in [-0.1, -0.05) is 0 Å². The average Bonchev–Trinajstić information content (AvgIpc) is 2.60. The predicted molar refractivity (Wildman–Crippen MR) is 53.3 cm³/mol. The largest absolute Gasteiger partial charge is 0.488 e. The van der Waals surface area contributed by atoms with Crippen LogP contribution in [0.1, 0.15) is 25.7 Å². The molecule has 8 heteroatoms. The van der Waals surface area contributed by atoms with Crippen molar-refractivity contribution in [2.45, 2.75) is 43.2 Å². The molecular formula is C10H13BF5O2-. The van der Waals surface area contributed by atoms with E-state index in [9.17, 15) is 21.7 Å². The Kier molecular flexibility index (Phi) is 2.38. The molecule has 1 saturated heterocycles. The minimum absolute atomic E-state index is 0.130. The van der Waals surface area contributed by atoms with Crippen LogP contribution in [0, 0.1) is 5.41 Å². The second-order valence-electron chi connectivity index (χ2n) is 5.49. The van der Waals surface area contributed by atoms with Crippen LogP contribution in [0.4, 0.5) is 21.7 Å². The molecule has 3 aliphatic rings. The maximum absolute atomic E-state index is 13.5. The second-order valence-corrected chi connectivity index (χ2v) is 5.49. The van der Waals surface area contributed by atoms with Gasteiger partial charge in [0, 0.05) is 24.1 Å². The van der Waals surface area contributed by atoms with Crippen molar-refractivity contribution >= 4 is 6.98 Å². The zero-order chi connectivity index (χ0) is 13.2. The van der Waals surface area contributed by atoms with Crippen LogP contribution in [0.2, 0.25) is 5.82 Å². The van der Waals surface area contributed by atoms with E-state index in [1.54, 1.807) is 0 Å². The highest BCUT2D eigenvalue weighted by Gasteiger charge is 2.84. The lowest BCUT2D eigenvalue weighted by atomic mass is 9.71. The van der Waals surface area contributed by atoms with Crippen molar-refractivity contribution in [2.24, 2.45) is 5.41 Å². The zero-order valence-electron chi connectivity index (χ0n) is 9.60. The summed E-state index contributed by atoms with van der Waals surface area (Å²) in [5.74, 6) is -6.93. The van der Waals surface area contributed by atoms with E-state index in [-0.39, 0.29) is 25.7 Å². The molecule has 1 atom stereocenters. The average molecular weight is 271 g/mol. The second kappa shape index (κ2) is 3.39. The summed E-state index contributed by atoms with van der Waals surface area (Å²) in [4.78, 5) is 0. The lowest BCUT2D eigenvalue weighted by Gasteiger charge is -2.36. The summed E-state index contributed by atoms with van der Waals surface area (Å²) in [6.45, 7) is -4.72. The van der Waals surface area contributed by atoms with E-state index in [2.05, 4.69) is 0 Å². The van der Waals surface area contributed by atoms with Crippen molar-refractivity contribution in [3.63, 3.8) is 0 Å². The summed E-state index contributed by atoms with van der Waals surface area (Å²) in [5.41, 5.74) is -1.88. The monoisotopic (exact) mass is 271 g/mol. The van der Waals surface area contributed by atoms with Crippen LogP contribution in [0.3, 0.4) is 0 Å². The number of hydrogen-bond donors (Lipinski definition) is 0. The molecule has 0 amide bonds. The summed E-state index contributed by atoms with van der Waals surface area (Å²) in [7, 11) is 0. The molecule has 0 aromatic heterocycles. The number of ether oxygens (including phenoxy) is 2. The molecule has 2 aliphatic carbocycles. The Bertz CT molecular complexity index is 354. The van der Waals surface area contributed by atoms with Gasteiger partial charge in [-0.05, 0) is 12.8 Å². The Labute approximate surface area is 101 Å². The van der Waals surface area contributed by atoms with Crippen LogP contribution < -0.4 is 0 Å². The molecule has 3 rings (SSSR count). The summed E-state index contributed by atoms with van der Waals surface area (Å²) in [6.07, 6.45) is -0.0889. The van der Waals surface area contributed by atoms with Crippen molar-refractivity contribution in [3.8, 4) is 0 Å². The molecule has 0 radical (unpaired) electrons. The van der Waals surface area contributed by atoms with Gasteiger partial charge in [0.25, 0.3) is 0 Å². The zero-order valence-corrected chi connectivity index (χ0v) is 9.60. The van der Waals surface area contributed by atoms with Crippen molar-refractivity contribution in [1.82, 2.24) is 0 Å². The quantitative estimate of drug-likeness (QED) is 0.538. The SMILES string of the molecule is F[B-](F)(F)C1C(F)(F)C12CCC1(CC2)OCCO1. The van der Waals surface area contributed by atoms with E-state index in [0.717, 1.165) is 0 Å². The number of halogens is 5. The highest BCUT2D eigenvalue weighted by atomic mass is 19.4. The molecule has 18 heavy (non-hydrogen) atoms. The van der Waals surface area contributed by atoms with E-state index in [1.165, 1.54) is 0 Å². The standard InChI is InChI=1S/C10H13BF5O2/c12-10(13)7(11(14,15)16)8(10)1-3-9(4-2-8)17-5-6-18-9/h7H,1-6H2/q-1. The third-order valence-electron chi connectivity index (χ3n) is 4.66. The first-order chi connectivity index (χ1) is 8.24. The van der Waals surface area contributed by atoms with E-state index in [0.29, 0.717) is 13.2 Å². The fraction of sp³-hybridized carbons (Fsp3) is 1.00. The van der Waals surface area contributed by atoms with E-state index in [4.69, 9.17) is 9.47 Å². The molecular weight excluding hydrogens is 258 g/mol. The first-order valence-corrected chi connectivity index (χ1v) is 6.09. The van der Waals surface area contributed by atoms with Gasteiger partial charge in [-0.2, -0.15) is 0 Å². The minimum Gasteiger partial charge on any atom is -0.449 e. The van der Waals surface area contributed by atoms with E-state index < -0.39 is 29.9 Å². The van der Waals surface area contributed by atoms with Crippen molar-refractivity contribution in [3.05, 3.63) is 0 Å². The molecule has 1 heterocycles. The Balaban J connectivity index is 1.76. The lowest BCUT2D eigenvalue weighted by molar-refractivity contribution is -0.189. The Hall–Kier alpha value is -0.365. The fourth-order valence-electron chi connectivity index (χ4n) is 3.65. The molecule has 0 aromatic rings. The summed E-state index contributed by atoms with van der Waals surface area (Å²) in [6, 6.07) is 0. The molecule has 2 nitrogen and oxygen atoms in total. The molecule has 0 aromatic carbocycles. The highest BCUT2D eigenvalue weighted by molar-refractivity contribution is 6.62. The predicted octanol–water partition coefficient (Wildman–Crippen LogP) is 3.16. The maximum Gasteiger partial charge on any atom is 0.488 e. The highest BCUT2D eigenvalue weighted by Crippen LogP contribution is 2.80. The van der Waals surface area contributed by atoms with Crippen molar-refractivity contribution in [2.75, 3.05) is 13.2 Å². The van der Waals surface area contributed by atoms with Crippen molar-refractivity contribution < 1.29 is 31.2 Å². The van der Waals surface area contributed by atoms with Gasteiger partial charge in [-0.15, -0.1) is 0 Å². The maximum atomic E-state index is 13.5. The van der Waals surface area contributed by atoms with Gasteiger partial charge in [-0.25, -0.2) is 8.78 Å². The van der Waals surface area contributed by atoms with Gasteiger partial charge in [0.15, 0.2) is 5.79 Å². The Morgan fingerprint density at radius 3 is 1.78 bits per heavy atom. The fourth-order valence-corrected chi connectivity index (χ4v) is 3.65. The van der Waals surface area contributed by atoms with Gasteiger partial charge in [0.05, 0.1) is 13.2 Å². The van der Waals surface area contributed by atoms with Crippen LogP contribution in [-0.2, 0) is 9.47 Å². The summed E-state index contributed by atoms with van der Waals surface area (Å²) >= 11 is 0. The van der Waals surface area contributed by atoms with Crippen LogP contribution in [0.25, 0.3) is 0 Å². The molecule has 0 N–H and O–H groups in total. The summed E-state index contributed by atoms with van der Waals surface area (Å²) < 4.78 is 75.7.